The molecule has 0 atom stereocenters. The largest absolute Gasteiger partial charge is 0.376 e. The van der Waals surface area contributed by atoms with Crippen molar-refractivity contribution in [3.8, 4) is 0 Å². The first kappa shape index (κ1) is 13.0. The maximum absolute atomic E-state index is 10.8. The summed E-state index contributed by atoms with van der Waals surface area (Å²) in [5.74, 6) is 0. The molecule has 0 aliphatic rings. The number of nitrogens with one attached hydrogen (secondary N) is 2. The van der Waals surface area contributed by atoms with E-state index in [1.807, 2.05) is 0 Å². The molecule has 0 aromatic carbocycles. The van der Waals surface area contributed by atoms with Crippen LogP contribution in [0.2, 0.25) is 0 Å². The Morgan fingerprint density at radius 1 is 1.29 bits per heavy atom. The van der Waals surface area contributed by atoms with Crippen molar-refractivity contribution in [2.75, 3.05) is 13.3 Å². The monoisotopic (exact) mass is 200 g/mol. The molecule has 0 fully saturated rings. The highest BCUT2D eigenvalue weighted by Crippen LogP contribution is 1.93. The average Bonchev–Trinajstić information content (AvgIpc) is 2.17. The van der Waals surface area contributed by atoms with Gasteiger partial charge in [0, 0.05) is 6.54 Å². The Kier molecular flexibility index (Phi) is 9.31. The summed E-state index contributed by atoms with van der Waals surface area (Å²) in [5, 5.41) is 13.2. The number of aliphatic hydroxyl groups is 1. The quantitative estimate of drug-likeness (QED) is 0.330. The van der Waals surface area contributed by atoms with E-state index in [1.54, 1.807) is 0 Å². The minimum Gasteiger partial charge on any atom is -0.376 e. The molecule has 0 bridgehead atoms. The fraction of sp³-hybridized carbons (Fsp3) is 0.700. The number of rotatable bonds is 7. The summed E-state index contributed by atoms with van der Waals surface area (Å²) >= 11 is 0. The highest BCUT2D eigenvalue weighted by molar-refractivity contribution is 5.73. The molecule has 0 radical (unpaired) electrons. The van der Waals surface area contributed by atoms with Gasteiger partial charge in [0.05, 0.1) is 0 Å². The third-order valence-corrected chi connectivity index (χ3v) is 1.69. The lowest BCUT2D eigenvalue weighted by molar-refractivity contribution is 0.218. The van der Waals surface area contributed by atoms with E-state index in [0.717, 1.165) is 19.3 Å². The first-order valence-corrected chi connectivity index (χ1v) is 5.08. The van der Waals surface area contributed by atoms with E-state index in [0.29, 0.717) is 6.54 Å². The van der Waals surface area contributed by atoms with Gasteiger partial charge in [-0.25, -0.2) is 4.79 Å². The molecule has 0 rings (SSSR count). The SMILES string of the molecule is CCC/C=C/CCCNC(=O)NCO. The van der Waals surface area contributed by atoms with Gasteiger partial charge in [0.2, 0.25) is 0 Å². The molecule has 14 heavy (non-hydrogen) atoms. The Morgan fingerprint density at radius 2 is 2.00 bits per heavy atom. The molecular weight excluding hydrogens is 180 g/mol. The topological polar surface area (TPSA) is 61.4 Å². The van der Waals surface area contributed by atoms with Crippen LogP contribution in [0.4, 0.5) is 4.79 Å². The Bertz CT molecular complexity index is 170. The first-order valence-electron chi connectivity index (χ1n) is 5.08. The number of allylic oxidation sites excluding steroid dienone is 2. The molecule has 0 aromatic rings. The van der Waals surface area contributed by atoms with Crippen LogP contribution in [0.1, 0.15) is 32.6 Å². The van der Waals surface area contributed by atoms with E-state index < -0.39 is 0 Å². The minimum absolute atomic E-state index is 0.315. The zero-order valence-corrected chi connectivity index (χ0v) is 8.75. The molecule has 82 valence electrons. The molecule has 0 unspecified atom stereocenters. The Labute approximate surface area is 85.4 Å². The van der Waals surface area contributed by atoms with Gasteiger partial charge >= 0.3 is 6.03 Å². The van der Waals surface area contributed by atoms with Crippen LogP contribution in [0.15, 0.2) is 12.2 Å². The number of unbranched alkanes of at least 4 members (excludes halogenated alkanes) is 2. The highest BCUT2D eigenvalue weighted by atomic mass is 16.3. The van der Waals surface area contributed by atoms with Crippen LogP contribution in [0.3, 0.4) is 0 Å². The summed E-state index contributed by atoms with van der Waals surface area (Å²) in [6.45, 7) is 2.47. The number of hydrogen-bond acceptors (Lipinski definition) is 2. The van der Waals surface area contributed by atoms with Gasteiger partial charge < -0.3 is 15.7 Å². The Hall–Kier alpha value is -1.03. The minimum atomic E-state index is -0.317. The molecule has 2 amide bonds. The van der Waals surface area contributed by atoms with Crippen LogP contribution in [0.25, 0.3) is 0 Å². The Morgan fingerprint density at radius 3 is 2.64 bits per heavy atom. The fourth-order valence-corrected chi connectivity index (χ4v) is 0.959. The van der Waals surface area contributed by atoms with Gasteiger partial charge in [-0.2, -0.15) is 0 Å². The molecule has 4 nitrogen and oxygen atoms in total. The van der Waals surface area contributed by atoms with Gasteiger partial charge in [-0.15, -0.1) is 0 Å². The standard InChI is InChI=1S/C10H20N2O2/c1-2-3-4-5-6-7-8-11-10(14)12-9-13/h4-5,13H,2-3,6-9H2,1H3,(H2,11,12,14)/b5-4+. The maximum Gasteiger partial charge on any atom is 0.316 e. The summed E-state index contributed by atoms with van der Waals surface area (Å²) in [7, 11) is 0. The third kappa shape index (κ3) is 9.06. The second-order valence-electron chi connectivity index (χ2n) is 2.99. The molecule has 0 saturated heterocycles. The molecule has 0 heterocycles. The molecule has 4 heteroatoms. The van der Waals surface area contributed by atoms with Crippen molar-refractivity contribution in [2.45, 2.75) is 32.6 Å². The molecule has 0 aliphatic carbocycles. The first-order chi connectivity index (χ1) is 6.81. The van der Waals surface area contributed by atoms with Crippen LogP contribution in [-0.4, -0.2) is 24.4 Å². The van der Waals surface area contributed by atoms with Gasteiger partial charge in [0.25, 0.3) is 0 Å². The summed E-state index contributed by atoms with van der Waals surface area (Å²) in [4.78, 5) is 10.8. The van der Waals surface area contributed by atoms with Gasteiger partial charge in [0.15, 0.2) is 0 Å². The molecule has 0 spiro atoms. The van der Waals surface area contributed by atoms with Crippen molar-refractivity contribution in [2.24, 2.45) is 0 Å². The van der Waals surface area contributed by atoms with Crippen LogP contribution >= 0.6 is 0 Å². The molecule has 0 saturated carbocycles. The molecular formula is C10H20N2O2. The Balaban J connectivity index is 3.16. The number of urea groups is 1. The van der Waals surface area contributed by atoms with Crippen LogP contribution < -0.4 is 10.6 Å². The van der Waals surface area contributed by atoms with Crippen molar-refractivity contribution >= 4 is 6.03 Å². The summed E-state index contributed by atoms with van der Waals surface area (Å²) < 4.78 is 0. The lowest BCUT2D eigenvalue weighted by Crippen LogP contribution is -2.36. The van der Waals surface area contributed by atoms with Crippen molar-refractivity contribution in [3.63, 3.8) is 0 Å². The van der Waals surface area contributed by atoms with E-state index in [4.69, 9.17) is 5.11 Å². The predicted molar refractivity (Wildman–Crippen MR) is 56.9 cm³/mol. The van der Waals surface area contributed by atoms with Crippen molar-refractivity contribution in [3.05, 3.63) is 12.2 Å². The van der Waals surface area contributed by atoms with Gasteiger partial charge in [-0.1, -0.05) is 25.5 Å². The zero-order chi connectivity index (χ0) is 10.6. The zero-order valence-electron chi connectivity index (χ0n) is 8.75. The summed E-state index contributed by atoms with van der Waals surface area (Å²) in [6, 6.07) is -0.315. The second kappa shape index (κ2) is 10.1. The normalized spacial score (nSPS) is 10.4. The lowest BCUT2D eigenvalue weighted by atomic mass is 10.2. The van der Waals surface area contributed by atoms with Crippen molar-refractivity contribution in [1.82, 2.24) is 10.6 Å². The lowest BCUT2D eigenvalue weighted by Gasteiger charge is -2.03. The van der Waals surface area contributed by atoms with E-state index in [9.17, 15) is 4.79 Å². The van der Waals surface area contributed by atoms with E-state index >= 15 is 0 Å². The summed E-state index contributed by atoms with van der Waals surface area (Å²) in [6.07, 6.45) is 8.51. The molecule has 0 aromatic heterocycles. The molecule has 3 N–H and O–H groups in total. The second-order valence-corrected chi connectivity index (χ2v) is 2.99. The van der Waals surface area contributed by atoms with Gasteiger partial charge in [0.1, 0.15) is 6.73 Å². The third-order valence-electron chi connectivity index (χ3n) is 1.69. The fourth-order valence-electron chi connectivity index (χ4n) is 0.959. The van der Waals surface area contributed by atoms with Crippen LogP contribution in [-0.2, 0) is 0 Å². The average molecular weight is 200 g/mol. The van der Waals surface area contributed by atoms with Crippen LogP contribution in [0.5, 0.6) is 0 Å². The maximum atomic E-state index is 10.8. The highest BCUT2D eigenvalue weighted by Gasteiger charge is 1.94. The van der Waals surface area contributed by atoms with E-state index in [2.05, 4.69) is 29.7 Å². The number of carbonyl (C=O) groups is 1. The number of carbonyl (C=O) groups excluding carboxylic acids is 1. The molecule has 0 aliphatic heterocycles. The van der Waals surface area contributed by atoms with Gasteiger partial charge in [-0.3, -0.25) is 0 Å². The van der Waals surface area contributed by atoms with Gasteiger partial charge in [-0.05, 0) is 19.3 Å². The summed E-state index contributed by atoms with van der Waals surface area (Å²) in [5.41, 5.74) is 0. The number of hydrogen-bond donors (Lipinski definition) is 3. The van der Waals surface area contributed by atoms with Crippen LogP contribution in [0, 0.1) is 0 Å². The smallest absolute Gasteiger partial charge is 0.316 e. The predicted octanol–water partition coefficient (Wildman–Crippen LogP) is 1.37. The number of amides is 2. The van der Waals surface area contributed by atoms with Crippen molar-refractivity contribution < 1.29 is 9.90 Å². The van der Waals surface area contributed by atoms with E-state index in [-0.39, 0.29) is 12.8 Å². The van der Waals surface area contributed by atoms with E-state index in [1.165, 1.54) is 6.42 Å². The van der Waals surface area contributed by atoms with Crippen molar-refractivity contribution in [1.29, 1.82) is 0 Å². The number of aliphatic hydroxyl groups excluding tert-OH is 1.